The van der Waals surface area contributed by atoms with Crippen molar-refractivity contribution in [3.63, 3.8) is 0 Å². The summed E-state index contributed by atoms with van der Waals surface area (Å²) in [5, 5.41) is 11.6. The van der Waals surface area contributed by atoms with Gasteiger partial charge in [-0.25, -0.2) is 4.98 Å². The van der Waals surface area contributed by atoms with Gasteiger partial charge < -0.3 is 20.1 Å². The molecule has 154 valence electrons. The highest BCUT2D eigenvalue weighted by atomic mass is 127. The molecule has 1 saturated heterocycles. The van der Waals surface area contributed by atoms with Crippen molar-refractivity contribution in [2.75, 3.05) is 51.6 Å². The van der Waals surface area contributed by atoms with Crippen LogP contribution < -0.4 is 10.6 Å². The van der Waals surface area contributed by atoms with Crippen LogP contribution in [0.2, 0.25) is 10.0 Å². The van der Waals surface area contributed by atoms with Crippen LogP contribution in [0.4, 0.5) is 5.82 Å². The Morgan fingerprint density at radius 2 is 2.04 bits per heavy atom. The van der Waals surface area contributed by atoms with Gasteiger partial charge in [-0.15, -0.1) is 24.0 Å². The molecule has 3 heterocycles. The van der Waals surface area contributed by atoms with Crippen LogP contribution in [0.5, 0.6) is 0 Å². The first-order valence-electron chi connectivity index (χ1n) is 8.78. The van der Waals surface area contributed by atoms with Crippen LogP contribution in [-0.2, 0) is 6.54 Å². The predicted octanol–water partition coefficient (Wildman–Crippen LogP) is 2.80. The van der Waals surface area contributed by atoms with Crippen LogP contribution in [0.25, 0.3) is 0 Å². The number of rotatable bonds is 6. The number of aromatic nitrogens is 2. The van der Waals surface area contributed by atoms with E-state index < -0.39 is 0 Å². The molecule has 0 aliphatic carbocycles. The number of halogens is 3. The molecule has 2 N–H and O–H groups in total. The van der Waals surface area contributed by atoms with Crippen LogP contribution in [-0.4, -0.2) is 72.2 Å². The maximum Gasteiger partial charge on any atom is 0.193 e. The van der Waals surface area contributed by atoms with Crippen LogP contribution in [0.15, 0.2) is 34.1 Å². The lowest BCUT2D eigenvalue weighted by Gasteiger charge is -2.36. The van der Waals surface area contributed by atoms with Gasteiger partial charge in [0.1, 0.15) is 12.1 Å². The van der Waals surface area contributed by atoms with Gasteiger partial charge in [0.05, 0.1) is 15.7 Å². The van der Waals surface area contributed by atoms with E-state index in [1.54, 1.807) is 25.6 Å². The Kier molecular flexibility index (Phi) is 9.56. The van der Waals surface area contributed by atoms with Crippen molar-refractivity contribution in [1.29, 1.82) is 0 Å². The van der Waals surface area contributed by atoms with Gasteiger partial charge in [-0.1, -0.05) is 28.4 Å². The Labute approximate surface area is 191 Å². The Bertz CT molecular complexity index is 752. The molecule has 2 aromatic rings. The molecule has 0 radical (unpaired) electrons. The lowest BCUT2D eigenvalue weighted by Crippen LogP contribution is -2.52. The van der Waals surface area contributed by atoms with Gasteiger partial charge in [0.2, 0.25) is 0 Å². The number of anilines is 1. The molecule has 1 aliphatic rings. The Hall–Kier alpha value is -1.30. The van der Waals surface area contributed by atoms with Crippen LogP contribution in [0, 0.1) is 0 Å². The quantitative estimate of drug-likeness (QED) is 0.253. The molecule has 0 atom stereocenters. The predicted molar refractivity (Wildman–Crippen MR) is 123 cm³/mol. The normalized spacial score (nSPS) is 15.2. The first kappa shape index (κ1) is 23.0. The lowest BCUT2D eigenvalue weighted by atomic mass is 10.3. The van der Waals surface area contributed by atoms with Crippen molar-refractivity contribution < 1.29 is 4.52 Å². The zero-order chi connectivity index (χ0) is 19.1. The molecule has 0 spiro atoms. The smallest absolute Gasteiger partial charge is 0.193 e. The third-order valence-electron chi connectivity index (χ3n) is 4.27. The number of nitrogens with one attached hydrogen (secondary N) is 2. The van der Waals surface area contributed by atoms with E-state index in [1.807, 2.05) is 6.07 Å². The molecule has 1 aliphatic heterocycles. The molecule has 1 fully saturated rings. The average molecular weight is 540 g/mol. The Balaban J connectivity index is 0.00000280. The van der Waals surface area contributed by atoms with Crippen molar-refractivity contribution in [2.24, 2.45) is 4.99 Å². The summed E-state index contributed by atoms with van der Waals surface area (Å²) in [7, 11) is 1.80. The van der Waals surface area contributed by atoms with Crippen LogP contribution in [0.1, 0.15) is 5.69 Å². The SMILES string of the molecule is CN=C(NCCNc1ncc(Cl)cc1Cl)N1CCN(Cc2ccon2)CC1.I. The van der Waals surface area contributed by atoms with Crippen molar-refractivity contribution in [1.82, 2.24) is 25.3 Å². The van der Waals surface area contributed by atoms with Gasteiger partial charge in [0.15, 0.2) is 5.96 Å². The third kappa shape index (κ3) is 6.64. The molecule has 0 amide bonds. The van der Waals surface area contributed by atoms with E-state index in [1.165, 1.54) is 0 Å². The minimum absolute atomic E-state index is 0. The van der Waals surface area contributed by atoms with E-state index in [0.29, 0.717) is 29.0 Å². The molecule has 2 aromatic heterocycles. The van der Waals surface area contributed by atoms with Gasteiger partial charge >= 0.3 is 0 Å². The fourth-order valence-corrected chi connectivity index (χ4v) is 3.35. The second-order valence-corrected chi connectivity index (χ2v) is 6.98. The molecule has 0 saturated carbocycles. The standard InChI is InChI=1S/C17H23Cl2N7O.HI/c1-20-17(22-4-3-21-16-15(19)10-13(18)11-23-16)26-7-5-25(6-8-26)12-14-2-9-27-24-14;/h2,9-11H,3-8,12H2,1H3,(H,20,22)(H,21,23);1H. The number of hydrogen-bond acceptors (Lipinski definition) is 6. The van der Waals surface area contributed by atoms with Gasteiger partial charge in [0, 0.05) is 65.1 Å². The second kappa shape index (κ2) is 11.6. The van der Waals surface area contributed by atoms with Gasteiger partial charge in [-0.3, -0.25) is 9.89 Å². The van der Waals surface area contributed by atoms with Gasteiger partial charge in [-0.05, 0) is 6.07 Å². The highest BCUT2D eigenvalue weighted by molar-refractivity contribution is 14.0. The first-order chi connectivity index (χ1) is 13.2. The molecule has 28 heavy (non-hydrogen) atoms. The molecule has 8 nitrogen and oxygen atoms in total. The van der Waals surface area contributed by atoms with E-state index in [2.05, 4.69) is 35.6 Å². The fourth-order valence-electron chi connectivity index (χ4n) is 2.90. The van der Waals surface area contributed by atoms with Crippen molar-refractivity contribution in [3.8, 4) is 0 Å². The van der Waals surface area contributed by atoms with E-state index in [0.717, 1.165) is 44.4 Å². The fraction of sp³-hybridized carbons (Fsp3) is 0.471. The third-order valence-corrected chi connectivity index (χ3v) is 4.76. The van der Waals surface area contributed by atoms with E-state index >= 15 is 0 Å². The molecule has 0 unspecified atom stereocenters. The summed E-state index contributed by atoms with van der Waals surface area (Å²) in [6.07, 6.45) is 3.18. The summed E-state index contributed by atoms with van der Waals surface area (Å²) >= 11 is 12.0. The van der Waals surface area contributed by atoms with E-state index in [4.69, 9.17) is 27.7 Å². The van der Waals surface area contributed by atoms with Crippen LogP contribution >= 0.6 is 47.2 Å². The molecule has 0 aromatic carbocycles. The Morgan fingerprint density at radius 1 is 1.25 bits per heavy atom. The van der Waals surface area contributed by atoms with E-state index in [-0.39, 0.29) is 24.0 Å². The zero-order valence-electron chi connectivity index (χ0n) is 15.6. The number of guanidine groups is 1. The number of nitrogens with zero attached hydrogens (tertiary/aromatic N) is 5. The summed E-state index contributed by atoms with van der Waals surface area (Å²) in [6.45, 7) is 5.92. The largest absolute Gasteiger partial charge is 0.367 e. The van der Waals surface area contributed by atoms with Crippen LogP contribution in [0.3, 0.4) is 0 Å². The molecular formula is C17H24Cl2IN7O. The molecule has 3 rings (SSSR count). The topological polar surface area (TPSA) is 81.8 Å². The van der Waals surface area contributed by atoms with Gasteiger partial charge in [-0.2, -0.15) is 0 Å². The number of aliphatic imine (C=N–C) groups is 1. The summed E-state index contributed by atoms with van der Waals surface area (Å²) in [5.74, 6) is 1.52. The highest BCUT2D eigenvalue weighted by Crippen LogP contribution is 2.22. The summed E-state index contributed by atoms with van der Waals surface area (Å²) in [5.41, 5.74) is 0.964. The first-order valence-corrected chi connectivity index (χ1v) is 9.53. The highest BCUT2D eigenvalue weighted by Gasteiger charge is 2.20. The average Bonchev–Trinajstić information content (AvgIpc) is 3.17. The molecular weight excluding hydrogens is 516 g/mol. The van der Waals surface area contributed by atoms with Gasteiger partial charge in [0.25, 0.3) is 0 Å². The van der Waals surface area contributed by atoms with Crippen molar-refractivity contribution in [3.05, 3.63) is 40.3 Å². The van der Waals surface area contributed by atoms with Crippen molar-refractivity contribution in [2.45, 2.75) is 6.54 Å². The lowest BCUT2D eigenvalue weighted by molar-refractivity contribution is 0.169. The molecule has 11 heteroatoms. The maximum atomic E-state index is 6.11. The summed E-state index contributed by atoms with van der Waals surface area (Å²) in [6, 6.07) is 3.57. The van der Waals surface area contributed by atoms with Crippen molar-refractivity contribution >= 4 is 59.0 Å². The second-order valence-electron chi connectivity index (χ2n) is 6.14. The maximum absolute atomic E-state index is 6.11. The zero-order valence-corrected chi connectivity index (χ0v) is 19.4. The summed E-state index contributed by atoms with van der Waals surface area (Å²) < 4.78 is 4.89. The summed E-state index contributed by atoms with van der Waals surface area (Å²) in [4.78, 5) is 13.2. The number of piperazine rings is 1. The minimum Gasteiger partial charge on any atom is -0.367 e. The van der Waals surface area contributed by atoms with E-state index in [9.17, 15) is 0 Å². The molecule has 0 bridgehead atoms. The number of hydrogen-bond donors (Lipinski definition) is 2. The minimum atomic E-state index is 0. The number of pyridine rings is 1. The Morgan fingerprint density at radius 3 is 2.68 bits per heavy atom. The monoisotopic (exact) mass is 539 g/mol.